The lowest BCUT2D eigenvalue weighted by molar-refractivity contribution is -0.198. The standard InChI is InChI=1S/C20H29N3O5/c21-11-16-2-1-3-22(16)17(25)12-23(18(26)27)19-7-14-6-15(8-19)10-20(9-14,13-19)28-5-4-24/h14-16,24H,1-10,12-13H2,(H,26,27)/t14-,15?,16-,19?,20?/m0/s1. The molecule has 1 saturated heterocycles. The van der Waals surface area contributed by atoms with E-state index in [4.69, 9.17) is 4.74 Å². The summed E-state index contributed by atoms with van der Waals surface area (Å²) in [5, 5.41) is 28.5. The fourth-order valence-corrected chi connectivity index (χ4v) is 6.74. The molecule has 2 N–H and O–H groups in total. The number of ether oxygens (including phenoxy) is 1. The average molecular weight is 391 g/mol. The molecule has 28 heavy (non-hydrogen) atoms. The molecule has 0 aromatic heterocycles. The highest BCUT2D eigenvalue weighted by Crippen LogP contribution is 2.60. The zero-order chi connectivity index (χ0) is 19.9. The van der Waals surface area contributed by atoms with Crippen molar-refractivity contribution in [3.8, 4) is 6.07 Å². The van der Waals surface area contributed by atoms with Crippen molar-refractivity contribution in [3.05, 3.63) is 0 Å². The smallest absolute Gasteiger partial charge is 0.408 e. The number of carboxylic acid groups (broad SMARTS) is 1. The second-order valence-corrected chi connectivity index (χ2v) is 9.18. The molecule has 5 fully saturated rings. The van der Waals surface area contributed by atoms with Crippen LogP contribution in [0.2, 0.25) is 0 Å². The molecule has 154 valence electrons. The summed E-state index contributed by atoms with van der Waals surface area (Å²) in [6.07, 6.45) is 5.42. The molecule has 0 aromatic carbocycles. The van der Waals surface area contributed by atoms with E-state index in [1.807, 2.05) is 0 Å². The SMILES string of the molecule is N#C[C@@H]1CCCN1C(=O)CN(C(=O)O)C12CC3C[C@H](CC(OCCO)(C3)C1)C2. The van der Waals surface area contributed by atoms with Crippen molar-refractivity contribution < 1.29 is 24.5 Å². The van der Waals surface area contributed by atoms with E-state index in [9.17, 15) is 25.1 Å². The molecular weight excluding hydrogens is 362 g/mol. The quantitative estimate of drug-likeness (QED) is 0.711. The summed E-state index contributed by atoms with van der Waals surface area (Å²) in [6.45, 7) is 0.546. The number of carbonyl (C=O) groups is 2. The molecule has 0 radical (unpaired) electrons. The molecule has 5 aliphatic rings. The Labute approximate surface area is 165 Å². The van der Waals surface area contributed by atoms with Gasteiger partial charge in [0.05, 0.1) is 30.4 Å². The highest BCUT2D eigenvalue weighted by Gasteiger charge is 2.61. The first kappa shape index (κ1) is 19.5. The number of nitriles is 1. The summed E-state index contributed by atoms with van der Waals surface area (Å²) in [6, 6.07) is 1.71. The highest BCUT2D eigenvalue weighted by molar-refractivity contribution is 5.83. The van der Waals surface area contributed by atoms with Gasteiger partial charge in [-0.3, -0.25) is 9.69 Å². The maximum Gasteiger partial charge on any atom is 0.408 e. The molecule has 5 atom stereocenters. The lowest BCUT2D eigenvalue weighted by atomic mass is 9.50. The topological polar surface area (TPSA) is 114 Å². The van der Waals surface area contributed by atoms with Crippen LogP contribution >= 0.6 is 0 Å². The Kier molecular flexibility index (Phi) is 5.00. The minimum atomic E-state index is -1.07. The van der Waals surface area contributed by atoms with Gasteiger partial charge < -0.3 is 19.8 Å². The second-order valence-electron chi connectivity index (χ2n) is 9.18. The average Bonchev–Trinajstić information content (AvgIpc) is 3.11. The number of hydrogen-bond donors (Lipinski definition) is 2. The fourth-order valence-electron chi connectivity index (χ4n) is 6.74. The van der Waals surface area contributed by atoms with Gasteiger partial charge in [-0.2, -0.15) is 5.26 Å². The van der Waals surface area contributed by atoms with Crippen molar-refractivity contribution in [1.82, 2.24) is 9.80 Å². The Hall–Kier alpha value is -1.85. The third-order valence-corrected chi connectivity index (χ3v) is 7.30. The lowest BCUT2D eigenvalue weighted by Crippen LogP contribution is -2.68. The zero-order valence-corrected chi connectivity index (χ0v) is 16.2. The molecule has 4 bridgehead atoms. The van der Waals surface area contributed by atoms with Crippen molar-refractivity contribution in [2.45, 2.75) is 68.5 Å². The predicted octanol–water partition coefficient (Wildman–Crippen LogP) is 1.58. The number of amides is 2. The van der Waals surface area contributed by atoms with Crippen LogP contribution in [0.4, 0.5) is 4.79 Å². The molecule has 4 aliphatic carbocycles. The summed E-state index contributed by atoms with van der Waals surface area (Å²) in [5.41, 5.74) is -0.963. The van der Waals surface area contributed by atoms with Crippen LogP contribution in [0.25, 0.3) is 0 Å². The zero-order valence-electron chi connectivity index (χ0n) is 16.2. The van der Waals surface area contributed by atoms with E-state index in [1.165, 1.54) is 9.80 Å². The first-order chi connectivity index (χ1) is 13.4. The third-order valence-electron chi connectivity index (χ3n) is 7.30. The van der Waals surface area contributed by atoms with Gasteiger partial charge in [0.2, 0.25) is 5.91 Å². The van der Waals surface area contributed by atoms with Gasteiger partial charge in [-0.25, -0.2) is 4.79 Å². The summed E-state index contributed by atoms with van der Waals surface area (Å²) in [7, 11) is 0. The summed E-state index contributed by atoms with van der Waals surface area (Å²) < 4.78 is 6.08. The van der Waals surface area contributed by atoms with Crippen LogP contribution in [0.1, 0.15) is 51.4 Å². The number of hydrogen-bond acceptors (Lipinski definition) is 5. The molecule has 2 amide bonds. The monoisotopic (exact) mass is 391 g/mol. The van der Waals surface area contributed by atoms with Gasteiger partial charge in [-0.1, -0.05) is 0 Å². The Balaban J connectivity index is 1.56. The molecule has 1 heterocycles. The van der Waals surface area contributed by atoms with Crippen LogP contribution in [0.15, 0.2) is 0 Å². The van der Waals surface area contributed by atoms with E-state index in [1.54, 1.807) is 0 Å². The number of nitrogens with zero attached hydrogens (tertiary/aromatic N) is 3. The molecular formula is C20H29N3O5. The van der Waals surface area contributed by atoms with E-state index < -0.39 is 17.7 Å². The van der Waals surface area contributed by atoms with Gasteiger partial charge in [0.25, 0.3) is 0 Å². The van der Waals surface area contributed by atoms with Gasteiger partial charge in [-0.15, -0.1) is 0 Å². The summed E-state index contributed by atoms with van der Waals surface area (Å²) in [5.74, 6) is 0.526. The highest BCUT2D eigenvalue weighted by atomic mass is 16.5. The second kappa shape index (κ2) is 7.20. The summed E-state index contributed by atoms with van der Waals surface area (Å²) in [4.78, 5) is 28.0. The molecule has 4 saturated carbocycles. The largest absolute Gasteiger partial charge is 0.465 e. The van der Waals surface area contributed by atoms with E-state index in [0.29, 0.717) is 31.2 Å². The first-order valence-electron chi connectivity index (χ1n) is 10.3. The fraction of sp³-hybridized carbons (Fsp3) is 0.850. The Morgan fingerprint density at radius 2 is 1.96 bits per heavy atom. The van der Waals surface area contributed by atoms with Gasteiger partial charge in [0.15, 0.2) is 0 Å². The number of rotatable bonds is 6. The Morgan fingerprint density at radius 3 is 2.57 bits per heavy atom. The number of aliphatic hydroxyl groups excluding tert-OH is 1. The Bertz CT molecular complexity index is 676. The maximum atomic E-state index is 12.9. The molecule has 3 unspecified atom stereocenters. The van der Waals surface area contributed by atoms with Crippen molar-refractivity contribution in [3.63, 3.8) is 0 Å². The van der Waals surface area contributed by atoms with Crippen molar-refractivity contribution in [2.24, 2.45) is 11.8 Å². The van der Waals surface area contributed by atoms with E-state index >= 15 is 0 Å². The molecule has 0 spiro atoms. The number of aliphatic hydroxyl groups is 1. The maximum absolute atomic E-state index is 12.9. The van der Waals surface area contributed by atoms with E-state index in [-0.39, 0.29) is 31.3 Å². The minimum Gasteiger partial charge on any atom is -0.465 e. The molecule has 0 aromatic rings. The van der Waals surface area contributed by atoms with Crippen molar-refractivity contribution in [2.75, 3.05) is 26.3 Å². The lowest BCUT2D eigenvalue weighted by Gasteiger charge is -2.63. The van der Waals surface area contributed by atoms with E-state index in [2.05, 4.69) is 6.07 Å². The van der Waals surface area contributed by atoms with Gasteiger partial charge in [-0.05, 0) is 63.2 Å². The van der Waals surface area contributed by atoms with Crippen molar-refractivity contribution in [1.29, 1.82) is 5.26 Å². The third kappa shape index (κ3) is 3.25. The number of likely N-dealkylation sites (tertiary alicyclic amines) is 1. The van der Waals surface area contributed by atoms with Gasteiger partial charge in [0.1, 0.15) is 12.6 Å². The first-order valence-corrected chi connectivity index (χ1v) is 10.3. The van der Waals surface area contributed by atoms with Crippen molar-refractivity contribution >= 4 is 12.0 Å². The predicted molar refractivity (Wildman–Crippen MR) is 98.3 cm³/mol. The molecule has 8 heteroatoms. The normalized spacial score (nSPS) is 38.4. The van der Waals surface area contributed by atoms with E-state index in [0.717, 1.165) is 38.5 Å². The number of carbonyl (C=O) groups excluding carboxylic acids is 1. The van der Waals surface area contributed by atoms with Crippen LogP contribution in [-0.4, -0.2) is 75.5 Å². The van der Waals surface area contributed by atoms with Crippen LogP contribution in [0.5, 0.6) is 0 Å². The van der Waals surface area contributed by atoms with Gasteiger partial charge in [0, 0.05) is 6.54 Å². The van der Waals surface area contributed by atoms with Crippen LogP contribution in [0, 0.1) is 23.2 Å². The summed E-state index contributed by atoms with van der Waals surface area (Å²) >= 11 is 0. The van der Waals surface area contributed by atoms with Crippen LogP contribution in [0.3, 0.4) is 0 Å². The molecule has 8 nitrogen and oxygen atoms in total. The Morgan fingerprint density at radius 1 is 1.25 bits per heavy atom. The molecule has 5 rings (SSSR count). The van der Waals surface area contributed by atoms with Crippen LogP contribution in [-0.2, 0) is 9.53 Å². The minimum absolute atomic E-state index is 0.0459. The van der Waals surface area contributed by atoms with Gasteiger partial charge >= 0.3 is 6.09 Å². The van der Waals surface area contributed by atoms with Crippen LogP contribution < -0.4 is 0 Å². The molecule has 1 aliphatic heterocycles.